The van der Waals surface area contributed by atoms with Crippen LogP contribution in [0.15, 0.2) is 36.4 Å². The molecule has 0 aliphatic heterocycles. The van der Waals surface area contributed by atoms with Crippen molar-refractivity contribution >= 4 is 5.97 Å². The van der Waals surface area contributed by atoms with E-state index >= 15 is 0 Å². The van der Waals surface area contributed by atoms with Crippen molar-refractivity contribution in [1.29, 1.82) is 0 Å². The predicted octanol–water partition coefficient (Wildman–Crippen LogP) is 1.24. The number of aliphatic hydroxyl groups excluding tert-OH is 1. The molecule has 0 spiro atoms. The van der Waals surface area contributed by atoms with E-state index in [1.54, 1.807) is 18.2 Å². The van der Waals surface area contributed by atoms with Crippen LogP contribution >= 0.6 is 0 Å². The normalized spacial score (nSPS) is 23.1. The lowest BCUT2D eigenvalue weighted by atomic mass is 10.0. The zero-order valence-electron chi connectivity index (χ0n) is 15.5. The number of benzene rings is 2. The number of hydrogen-bond donors (Lipinski definition) is 4. The first-order chi connectivity index (χ1) is 13.3. The molecule has 0 heterocycles. The Hall–Kier alpha value is -2.97. The Bertz CT molecular complexity index is 881. The van der Waals surface area contributed by atoms with E-state index in [-0.39, 0.29) is 24.3 Å². The van der Waals surface area contributed by atoms with E-state index in [2.05, 4.69) is 0 Å². The highest BCUT2D eigenvalue weighted by Gasteiger charge is 2.64. The standard InChI is InChI=1S/C20H22O8/c1-26-16-6-3-11(7-17(16)27-2)9-20(25)13(18(20)23)10-28-19(24)12-4-5-14(21)15(22)8-12/h3-8,13,18,21-23,25H,9-10H2,1-2H3/t13-,18+,20+/m1/s1. The number of methoxy groups -OCH3 is 2. The number of hydrogen-bond acceptors (Lipinski definition) is 8. The summed E-state index contributed by atoms with van der Waals surface area (Å²) in [4.78, 5) is 12.1. The van der Waals surface area contributed by atoms with Gasteiger partial charge in [0.25, 0.3) is 0 Å². The summed E-state index contributed by atoms with van der Waals surface area (Å²) < 4.78 is 15.5. The fourth-order valence-electron chi connectivity index (χ4n) is 3.17. The molecule has 0 bridgehead atoms. The van der Waals surface area contributed by atoms with Crippen molar-refractivity contribution in [3.05, 3.63) is 47.5 Å². The minimum Gasteiger partial charge on any atom is -0.504 e. The second-order valence-corrected chi connectivity index (χ2v) is 6.71. The summed E-state index contributed by atoms with van der Waals surface area (Å²) in [5, 5.41) is 39.5. The fraction of sp³-hybridized carbons (Fsp3) is 0.350. The van der Waals surface area contributed by atoms with Crippen LogP contribution in [0.5, 0.6) is 23.0 Å². The zero-order valence-corrected chi connectivity index (χ0v) is 15.5. The molecule has 3 rings (SSSR count). The molecular weight excluding hydrogens is 368 g/mol. The Morgan fingerprint density at radius 1 is 1.04 bits per heavy atom. The van der Waals surface area contributed by atoms with E-state index < -0.39 is 29.3 Å². The molecular formula is C20H22O8. The van der Waals surface area contributed by atoms with Gasteiger partial charge < -0.3 is 34.6 Å². The first-order valence-electron chi connectivity index (χ1n) is 8.60. The lowest BCUT2D eigenvalue weighted by molar-refractivity contribution is 0.0415. The summed E-state index contributed by atoms with van der Waals surface area (Å²) in [5.41, 5.74) is -0.637. The van der Waals surface area contributed by atoms with Gasteiger partial charge in [0.15, 0.2) is 23.0 Å². The Morgan fingerprint density at radius 3 is 2.39 bits per heavy atom. The molecule has 0 radical (unpaired) electrons. The fourth-order valence-corrected chi connectivity index (χ4v) is 3.17. The summed E-state index contributed by atoms with van der Waals surface area (Å²) in [6.45, 7) is -0.189. The van der Waals surface area contributed by atoms with Crippen molar-refractivity contribution in [2.24, 2.45) is 5.92 Å². The van der Waals surface area contributed by atoms with Crippen molar-refractivity contribution in [3.8, 4) is 23.0 Å². The van der Waals surface area contributed by atoms with Crippen LogP contribution < -0.4 is 9.47 Å². The molecule has 8 heteroatoms. The number of carbonyl (C=O) groups is 1. The third-order valence-corrected chi connectivity index (χ3v) is 4.97. The maximum absolute atomic E-state index is 12.1. The van der Waals surface area contributed by atoms with E-state index in [1.165, 1.54) is 26.4 Å². The average molecular weight is 390 g/mol. The zero-order chi connectivity index (χ0) is 20.5. The number of rotatable bonds is 7. The molecule has 0 amide bonds. The summed E-state index contributed by atoms with van der Waals surface area (Å²) in [6, 6.07) is 8.73. The first-order valence-corrected chi connectivity index (χ1v) is 8.60. The molecule has 1 saturated carbocycles. The summed E-state index contributed by atoms with van der Waals surface area (Å²) in [6.07, 6.45) is -0.891. The van der Waals surface area contributed by atoms with E-state index in [0.29, 0.717) is 11.5 Å². The van der Waals surface area contributed by atoms with E-state index in [4.69, 9.17) is 14.2 Å². The van der Waals surface area contributed by atoms with Gasteiger partial charge in [-0.2, -0.15) is 0 Å². The molecule has 3 atom stereocenters. The van der Waals surface area contributed by atoms with Crippen molar-refractivity contribution in [2.75, 3.05) is 20.8 Å². The quantitative estimate of drug-likeness (QED) is 0.411. The minimum absolute atomic E-state index is 0.0499. The minimum atomic E-state index is -1.42. The summed E-state index contributed by atoms with van der Waals surface area (Å²) >= 11 is 0. The SMILES string of the molecule is COc1ccc(C[C@]2(O)[C@H](COC(=O)c3ccc(O)c(O)c3)[C@@H]2O)cc1OC. The smallest absolute Gasteiger partial charge is 0.338 e. The molecule has 1 aliphatic carbocycles. The highest BCUT2D eigenvalue weighted by atomic mass is 16.5. The Kier molecular flexibility index (Phi) is 5.35. The van der Waals surface area contributed by atoms with Gasteiger partial charge in [-0.15, -0.1) is 0 Å². The maximum atomic E-state index is 12.1. The van der Waals surface area contributed by atoms with Crippen molar-refractivity contribution < 1.29 is 39.4 Å². The third kappa shape index (κ3) is 3.69. The van der Waals surface area contributed by atoms with Gasteiger partial charge in [-0.3, -0.25) is 0 Å². The first kappa shape index (κ1) is 19.8. The Labute approximate surface area is 161 Å². The number of carbonyl (C=O) groups excluding carboxylic acids is 1. The molecule has 2 aromatic carbocycles. The number of aliphatic hydroxyl groups is 2. The second kappa shape index (κ2) is 7.57. The number of ether oxygens (including phenoxy) is 3. The van der Waals surface area contributed by atoms with Gasteiger partial charge in [-0.05, 0) is 35.9 Å². The lowest BCUT2D eigenvalue weighted by Crippen LogP contribution is -2.20. The molecule has 0 unspecified atom stereocenters. The lowest BCUT2D eigenvalue weighted by Gasteiger charge is -2.13. The van der Waals surface area contributed by atoms with Crippen LogP contribution in [0, 0.1) is 5.92 Å². The highest BCUT2D eigenvalue weighted by molar-refractivity contribution is 5.90. The van der Waals surface area contributed by atoms with Gasteiger partial charge in [-0.25, -0.2) is 4.79 Å². The van der Waals surface area contributed by atoms with Crippen LogP contribution in [0.25, 0.3) is 0 Å². The molecule has 150 valence electrons. The molecule has 0 aromatic heterocycles. The summed E-state index contributed by atoms with van der Waals surface area (Å²) in [5.74, 6) is -1.10. The second-order valence-electron chi connectivity index (χ2n) is 6.71. The molecule has 1 fully saturated rings. The van der Waals surface area contributed by atoms with Gasteiger partial charge in [0.1, 0.15) is 5.60 Å². The number of aromatic hydroxyl groups is 2. The van der Waals surface area contributed by atoms with E-state index in [0.717, 1.165) is 11.6 Å². The van der Waals surface area contributed by atoms with Crippen LogP contribution in [-0.4, -0.2) is 58.9 Å². The summed E-state index contributed by atoms with van der Waals surface area (Å²) in [7, 11) is 3.03. The highest BCUT2D eigenvalue weighted by Crippen LogP contribution is 2.47. The van der Waals surface area contributed by atoms with Crippen LogP contribution in [0.4, 0.5) is 0 Å². The largest absolute Gasteiger partial charge is 0.504 e. The van der Waals surface area contributed by atoms with Gasteiger partial charge in [-0.1, -0.05) is 6.07 Å². The van der Waals surface area contributed by atoms with Crippen LogP contribution in [0.1, 0.15) is 15.9 Å². The van der Waals surface area contributed by atoms with Gasteiger partial charge in [0, 0.05) is 6.42 Å². The molecule has 8 nitrogen and oxygen atoms in total. The van der Waals surface area contributed by atoms with Gasteiger partial charge in [0.2, 0.25) is 0 Å². The van der Waals surface area contributed by atoms with Crippen molar-refractivity contribution in [3.63, 3.8) is 0 Å². The Morgan fingerprint density at radius 2 is 1.75 bits per heavy atom. The van der Waals surface area contributed by atoms with Crippen LogP contribution in [-0.2, 0) is 11.2 Å². The average Bonchev–Trinajstić information content (AvgIpc) is 3.20. The van der Waals surface area contributed by atoms with E-state index in [1.807, 2.05) is 0 Å². The molecule has 28 heavy (non-hydrogen) atoms. The topological polar surface area (TPSA) is 126 Å². The van der Waals surface area contributed by atoms with Gasteiger partial charge >= 0.3 is 5.97 Å². The maximum Gasteiger partial charge on any atom is 0.338 e. The molecule has 0 saturated heterocycles. The Balaban J connectivity index is 1.62. The van der Waals surface area contributed by atoms with Crippen LogP contribution in [0.2, 0.25) is 0 Å². The third-order valence-electron chi connectivity index (χ3n) is 4.97. The molecule has 1 aliphatic rings. The van der Waals surface area contributed by atoms with E-state index in [9.17, 15) is 25.2 Å². The monoisotopic (exact) mass is 390 g/mol. The van der Waals surface area contributed by atoms with Crippen molar-refractivity contribution in [1.82, 2.24) is 0 Å². The molecule has 4 N–H and O–H groups in total. The molecule has 2 aromatic rings. The predicted molar refractivity (Wildman–Crippen MR) is 97.8 cm³/mol. The van der Waals surface area contributed by atoms with Crippen molar-refractivity contribution in [2.45, 2.75) is 18.1 Å². The number of phenols is 2. The van der Waals surface area contributed by atoms with Crippen LogP contribution in [0.3, 0.4) is 0 Å². The van der Waals surface area contributed by atoms with Gasteiger partial charge in [0.05, 0.1) is 38.4 Å². The number of phenolic OH excluding ortho intramolecular Hbond substituents is 2. The number of esters is 1.